The van der Waals surface area contributed by atoms with Crippen molar-refractivity contribution >= 4 is 23.9 Å². The Morgan fingerprint density at radius 3 is 1.89 bits per heavy atom. The number of furan rings is 1. The molecule has 5 rings (SSSR count). The number of aliphatic hydroxyl groups is 1. The molecule has 0 aliphatic heterocycles. The fraction of sp³-hybridized carbons (Fsp3) is 0.730. The lowest BCUT2D eigenvalue weighted by Crippen LogP contribution is -2.72. The van der Waals surface area contributed by atoms with Crippen LogP contribution in [0.4, 0.5) is 0 Å². The van der Waals surface area contributed by atoms with E-state index in [9.17, 15) is 24.3 Å². The van der Waals surface area contributed by atoms with E-state index in [1.807, 2.05) is 6.07 Å². The molecule has 4 aliphatic carbocycles. The monoisotopic (exact) mass is 656 g/mol. The van der Waals surface area contributed by atoms with Crippen LogP contribution in [0.1, 0.15) is 106 Å². The van der Waals surface area contributed by atoms with Gasteiger partial charge in [0.2, 0.25) is 0 Å². The number of hydrogen-bond acceptors (Lipinski definition) is 10. The fourth-order valence-corrected chi connectivity index (χ4v) is 10.5. The van der Waals surface area contributed by atoms with Crippen LogP contribution in [0.5, 0.6) is 0 Å². The Bertz CT molecular complexity index is 1430. The van der Waals surface area contributed by atoms with Crippen molar-refractivity contribution in [3.05, 3.63) is 35.8 Å². The van der Waals surface area contributed by atoms with E-state index in [-0.39, 0.29) is 23.7 Å². The van der Waals surface area contributed by atoms with Crippen molar-refractivity contribution in [1.29, 1.82) is 0 Å². The molecule has 1 aromatic heterocycles. The summed E-state index contributed by atoms with van der Waals surface area (Å²) >= 11 is 0. The minimum atomic E-state index is -1.31. The van der Waals surface area contributed by atoms with E-state index < -0.39 is 76.1 Å². The summed E-state index contributed by atoms with van der Waals surface area (Å²) in [5, 5.41) is 10.8. The van der Waals surface area contributed by atoms with Gasteiger partial charge in [-0.15, -0.1) is 0 Å². The lowest BCUT2D eigenvalue weighted by Gasteiger charge is -2.70. The fourth-order valence-electron chi connectivity index (χ4n) is 10.5. The van der Waals surface area contributed by atoms with E-state index in [0.29, 0.717) is 25.7 Å². The molecule has 10 heteroatoms. The average Bonchev–Trinajstić information content (AvgIpc) is 3.61. The zero-order chi connectivity index (χ0) is 34.9. The molecule has 3 saturated carbocycles. The number of ether oxygens (including phenoxy) is 4. The van der Waals surface area contributed by atoms with E-state index in [0.717, 1.165) is 11.1 Å². The second-order valence-corrected chi connectivity index (χ2v) is 15.9. The molecule has 0 aromatic carbocycles. The van der Waals surface area contributed by atoms with Gasteiger partial charge in [0.15, 0.2) is 6.10 Å². The molecule has 47 heavy (non-hydrogen) atoms. The highest BCUT2D eigenvalue weighted by Gasteiger charge is 2.74. The zero-order valence-electron chi connectivity index (χ0n) is 29.5. The molecule has 10 nitrogen and oxygen atoms in total. The van der Waals surface area contributed by atoms with Gasteiger partial charge in [-0.3, -0.25) is 14.4 Å². The highest BCUT2D eigenvalue weighted by atomic mass is 16.6. The van der Waals surface area contributed by atoms with Gasteiger partial charge in [-0.25, -0.2) is 4.79 Å². The number of esters is 4. The Morgan fingerprint density at radius 2 is 1.34 bits per heavy atom. The van der Waals surface area contributed by atoms with Crippen molar-refractivity contribution < 1.29 is 47.6 Å². The number of carbonyl (C=O) groups is 4. The molecule has 0 radical (unpaired) electrons. The summed E-state index contributed by atoms with van der Waals surface area (Å²) in [5.41, 5.74) is -0.800. The van der Waals surface area contributed by atoms with Crippen LogP contribution in [-0.4, -0.2) is 59.5 Å². The number of allylic oxidation sites excluding steroid dienone is 1. The Kier molecular flexibility index (Phi) is 9.04. The summed E-state index contributed by atoms with van der Waals surface area (Å²) < 4.78 is 30.3. The van der Waals surface area contributed by atoms with Crippen molar-refractivity contribution in [2.45, 2.75) is 131 Å². The van der Waals surface area contributed by atoms with Crippen LogP contribution in [0.2, 0.25) is 0 Å². The average molecular weight is 657 g/mol. The van der Waals surface area contributed by atoms with Crippen LogP contribution in [0.3, 0.4) is 0 Å². The van der Waals surface area contributed by atoms with Gasteiger partial charge in [-0.2, -0.15) is 0 Å². The molecule has 260 valence electrons. The van der Waals surface area contributed by atoms with Gasteiger partial charge in [0.25, 0.3) is 0 Å². The Hall–Kier alpha value is -3.14. The Labute approximate surface area is 277 Å². The van der Waals surface area contributed by atoms with Crippen LogP contribution in [0.25, 0.3) is 0 Å². The van der Waals surface area contributed by atoms with Gasteiger partial charge >= 0.3 is 23.9 Å². The van der Waals surface area contributed by atoms with E-state index >= 15 is 0 Å². The normalized spacial score (nSPS) is 39.4. The Morgan fingerprint density at radius 1 is 0.787 bits per heavy atom. The van der Waals surface area contributed by atoms with E-state index in [1.165, 1.54) is 20.8 Å². The zero-order valence-corrected chi connectivity index (χ0v) is 29.5. The number of rotatable bonds is 7. The lowest BCUT2D eigenvalue weighted by atomic mass is 9.36. The summed E-state index contributed by atoms with van der Waals surface area (Å²) in [6.07, 6.45) is 3.58. The third kappa shape index (κ3) is 5.42. The number of fused-ring (bicyclic) bond motifs is 5. The predicted molar refractivity (Wildman–Crippen MR) is 170 cm³/mol. The predicted octanol–water partition coefficient (Wildman–Crippen LogP) is 5.91. The van der Waals surface area contributed by atoms with Crippen LogP contribution >= 0.6 is 0 Å². The number of carbonyl (C=O) groups excluding carboxylic acids is 4. The topological polar surface area (TPSA) is 139 Å². The maximum absolute atomic E-state index is 13.6. The summed E-state index contributed by atoms with van der Waals surface area (Å²) in [6, 6.07) is 1.94. The molecule has 0 saturated heterocycles. The van der Waals surface area contributed by atoms with Crippen LogP contribution in [0.15, 0.2) is 34.7 Å². The highest BCUT2D eigenvalue weighted by Crippen LogP contribution is 2.74. The van der Waals surface area contributed by atoms with Crippen LogP contribution in [-0.2, 0) is 38.1 Å². The molecule has 0 amide bonds. The van der Waals surface area contributed by atoms with Gasteiger partial charge in [-0.05, 0) is 48.6 Å². The molecule has 1 aromatic rings. The third-order valence-corrected chi connectivity index (χ3v) is 12.8. The van der Waals surface area contributed by atoms with Crippen molar-refractivity contribution in [1.82, 2.24) is 0 Å². The maximum Gasteiger partial charge on any atom is 0.335 e. The van der Waals surface area contributed by atoms with Crippen LogP contribution in [0, 0.1) is 39.4 Å². The van der Waals surface area contributed by atoms with Crippen molar-refractivity contribution in [3.8, 4) is 0 Å². The lowest BCUT2D eigenvalue weighted by molar-refractivity contribution is -0.270. The van der Waals surface area contributed by atoms with E-state index in [4.69, 9.17) is 23.4 Å². The highest BCUT2D eigenvalue weighted by molar-refractivity contribution is 5.75. The second kappa shape index (κ2) is 12.1. The first-order valence-electron chi connectivity index (χ1n) is 16.9. The molecule has 0 bridgehead atoms. The van der Waals surface area contributed by atoms with Crippen molar-refractivity contribution in [3.63, 3.8) is 0 Å². The summed E-state index contributed by atoms with van der Waals surface area (Å²) in [4.78, 5) is 51.4. The molecular weight excluding hydrogens is 604 g/mol. The van der Waals surface area contributed by atoms with Gasteiger partial charge in [-0.1, -0.05) is 60.1 Å². The molecule has 4 aliphatic rings. The standard InChI is InChI=1S/C37H52O10/c1-19(2)32(41)33(42)47-30-15-26-34(6,7)28(44-20(3)38)17-31(46-22(5)40)37(26,10)27-16-29(45-21(4)39)35(8)24(23-13-14-43-18-23)11-12-25(35)36(27,30)9/h12-14,18-19,24,26-32,41H,11,15-17H2,1-10H3/t24-,26+,27-,28-,29-,30-,31+,32-,35+,36+,37+/m1/s1. The maximum atomic E-state index is 13.6. The molecule has 3 fully saturated rings. The SMILES string of the molecule is CC(=O)O[C@H]1C[C@@H](OC(C)=O)C(C)(C)[C@@H]2C[C@@H](OC(=O)[C@H](O)C(C)C)[C@@]3(C)C4=CC[C@H](c5ccoc5)[C@]4(C)[C@H](OC(C)=O)C[C@H]3[C@@]12C. The first-order valence-corrected chi connectivity index (χ1v) is 16.9. The number of hydrogen-bond donors (Lipinski definition) is 1. The van der Waals surface area contributed by atoms with Crippen molar-refractivity contribution in [2.24, 2.45) is 39.4 Å². The number of aliphatic hydroxyl groups excluding tert-OH is 1. The first-order chi connectivity index (χ1) is 21.8. The van der Waals surface area contributed by atoms with Gasteiger partial charge in [0, 0.05) is 54.8 Å². The molecular formula is C37H52O10. The van der Waals surface area contributed by atoms with Gasteiger partial charge in [0.1, 0.15) is 24.4 Å². The molecule has 1 heterocycles. The quantitative estimate of drug-likeness (QED) is 0.214. The van der Waals surface area contributed by atoms with E-state index in [2.05, 4.69) is 40.7 Å². The Balaban J connectivity index is 1.74. The van der Waals surface area contributed by atoms with Crippen molar-refractivity contribution in [2.75, 3.05) is 0 Å². The van der Waals surface area contributed by atoms with Crippen LogP contribution < -0.4 is 0 Å². The summed E-state index contributed by atoms with van der Waals surface area (Å²) in [6.45, 7) is 18.2. The summed E-state index contributed by atoms with van der Waals surface area (Å²) in [7, 11) is 0. The largest absolute Gasteiger partial charge is 0.472 e. The molecule has 0 unspecified atom stereocenters. The molecule has 11 atom stereocenters. The molecule has 0 spiro atoms. The molecule has 1 N–H and O–H groups in total. The third-order valence-electron chi connectivity index (χ3n) is 12.8. The minimum Gasteiger partial charge on any atom is -0.472 e. The second-order valence-electron chi connectivity index (χ2n) is 15.9. The van der Waals surface area contributed by atoms with Gasteiger partial charge < -0.3 is 28.5 Å². The minimum absolute atomic E-state index is 0.0677. The summed E-state index contributed by atoms with van der Waals surface area (Å²) in [5.74, 6) is -2.95. The first kappa shape index (κ1) is 35.2. The van der Waals surface area contributed by atoms with Gasteiger partial charge in [0.05, 0.1) is 12.5 Å². The smallest absolute Gasteiger partial charge is 0.335 e. The van der Waals surface area contributed by atoms with E-state index in [1.54, 1.807) is 26.4 Å².